The van der Waals surface area contributed by atoms with Crippen molar-refractivity contribution < 1.29 is 9.47 Å². The van der Waals surface area contributed by atoms with Gasteiger partial charge < -0.3 is 14.8 Å². The zero-order valence-electron chi connectivity index (χ0n) is 15.2. The number of hydrogen-bond donors (Lipinski definition) is 1. The maximum atomic E-state index is 5.85. The third-order valence-corrected chi connectivity index (χ3v) is 3.60. The molecule has 0 saturated carbocycles. The molecule has 0 fully saturated rings. The molecule has 2 aromatic rings. The molecule has 0 bridgehead atoms. The fourth-order valence-electron chi connectivity index (χ4n) is 2.32. The van der Waals surface area contributed by atoms with Gasteiger partial charge in [0.1, 0.15) is 11.5 Å². The van der Waals surface area contributed by atoms with Crippen LogP contribution in [0.3, 0.4) is 0 Å². The third-order valence-electron chi connectivity index (χ3n) is 3.60. The van der Waals surface area contributed by atoms with Gasteiger partial charge in [-0.05, 0) is 56.0 Å². The molecule has 0 saturated heterocycles. The quantitative estimate of drug-likeness (QED) is 0.658. The number of anilines is 1. The van der Waals surface area contributed by atoms with E-state index in [9.17, 15) is 0 Å². The topological polar surface area (TPSA) is 30.5 Å². The lowest BCUT2D eigenvalue weighted by Gasteiger charge is -2.16. The van der Waals surface area contributed by atoms with E-state index in [0.717, 1.165) is 36.8 Å². The number of nitrogens with one attached hydrogen (secondary N) is 1. The normalized spacial score (nSPS) is 10.9. The smallest absolute Gasteiger partial charge is 0.142 e. The zero-order chi connectivity index (χ0) is 17.4. The molecule has 130 valence electrons. The first-order chi connectivity index (χ1) is 11.5. The molecule has 0 aromatic heterocycles. The van der Waals surface area contributed by atoms with Gasteiger partial charge in [-0.1, -0.05) is 38.1 Å². The molecule has 0 atom stereocenters. The predicted octanol–water partition coefficient (Wildman–Crippen LogP) is 5.51. The molecule has 0 heterocycles. The number of para-hydroxylation sites is 2. The molecule has 3 heteroatoms. The van der Waals surface area contributed by atoms with Gasteiger partial charge in [0.15, 0.2) is 0 Å². The molecule has 0 unspecified atom stereocenters. The molecule has 2 rings (SSSR count). The van der Waals surface area contributed by atoms with E-state index in [4.69, 9.17) is 9.47 Å². The lowest BCUT2D eigenvalue weighted by Crippen LogP contribution is -2.08. The average Bonchev–Trinajstić information content (AvgIpc) is 2.53. The van der Waals surface area contributed by atoms with E-state index in [1.165, 1.54) is 5.56 Å². The molecule has 0 amide bonds. The predicted molar refractivity (Wildman–Crippen MR) is 101 cm³/mol. The van der Waals surface area contributed by atoms with E-state index in [1.807, 2.05) is 50.2 Å². The van der Waals surface area contributed by atoms with Crippen LogP contribution in [0.25, 0.3) is 0 Å². The summed E-state index contributed by atoms with van der Waals surface area (Å²) in [6.07, 6.45) is 1.23. The molecule has 0 radical (unpaired) electrons. The summed E-state index contributed by atoms with van der Waals surface area (Å²) in [7, 11) is 0. The number of ether oxygens (including phenoxy) is 2. The van der Waals surface area contributed by atoms with Gasteiger partial charge in [-0.25, -0.2) is 0 Å². The van der Waals surface area contributed by atoms with Crippen LogP contribution in [-0.2, 0) is 6.54 Å². The summed E-state index contributed by atoms with van der Waals surface area (Å²) in [5.41, 5.74) is 2.20. The minimum Gasteiger partial charge on any atom is -0.494 e. The molecular formula is C21H29NO2. The highest BCUT2D eigenvalue weighted by Gasteiger charge is 2.05. The van der Waals surface area contributed by atoms with Crippen molar-refractivity contribution in [1.29, 1.82) is 0 Å². The fraction of sp³-hybridized carbons (Fsp3) is 0.429. The van der Waals surface area contributed by atoms with Crippen LogP contribution in [0.2, 0.25) is 0 Å². The maximum Gasteiger partial charge on any atom is 0.142 e. The van der Waals surface area contributed by atoms with Crippen LogP contribution in [0.5, 0.6) is 11.5 Å². The molecule has 0 spiro atoms. The molecule has 0 aliphatic rings. The largest absolute Gasteiger partial charge is 0.494 e. The molecule has 0 aliphatic carbocycles. The SMILES string of the molecule is CC(C)CCOc1cccc(CNc2ccccc2OC(C)C)c1. The van der Waals surface area contributed by atoms with Gasteiger partial charge in [0, 0.05) is 6.54 Å². The summed E-state index contributed by atoms with van der Waals surface area (Å²) in [6.45, 7) is 9.99. The van der Waals surface area contributed by atoms with Gasteiger partial charge in [-0.3, -0.25) is 0 Å². The fourth-order valence-corrected chi connectivity index (χ4v) is 2.32. The van der Waals surface area contributed by atoms with Crippen molar-refractivity contribution in [2.45, 2.75) is 46.8 Å². The second-order valence-corrected chi connectivity index (χ2v) is 6.69. The summed E-state index contributed by atoms with van der Waals surface area (Å²) >= 11 is 0. The zero-order valence-corrected chi connectivity index (χ0v) is 15.2. The van der Waals surface area contributed by atoms with E-state index in [1.54, 1.807) is 0 Å². The number of rotatable bonds is 9. The lowest BCUT2D eigenvalue weighted by atomic mass is 10.1. The maximum absolute atomic E-state index is 5.85. The van der Waals surface area contributed by atoms with E-state index in [0.29, 0.717) is 5.92 Å². The van der Waals surface area contributed by atoms with Gasteiger partial charge in [-0.2, -0.15) is 0 Å². The van der Waals surface area contributed by atoms with Gasteiger partial charge in [0.2, 0.25) is 0 Å². The highest BCUT2D eigenvalue weighted by molar-refractivity contribution is 5.56. The van der Waals surface area contributed by atoms with E-state index < -0.39 is 0 Å². The van der Waals surface area contributed by atoms with Crippen LogP contribution < -0.4 is 14.8 Å². The standard InChI is InChI=1S/C21H29NO2/c1-16(2)12-13-23-19-9-7-8-18(14-19)15-22-20-10-5-6-11-21(20)24-17(3)4/h5-11,14,16-17,22H,12-13,15H2,1-4H3. The van der Waals surface area contributed by atoms with Crippen molar-refractivity contribution in [1.82, 2.24) is 0 Å². The van der Waals surface area contributed by atoms with Crippen LogP contribution in [-0.4, -0.2) is 12.7 Å². The Morgan fingerprint density at radius 2 is 1.75 bits per heavy atom. The van der Waals surface area contributed by atoms with Crippen LogP contribution in [0.15, 0.2) is 48.5 Å². The number of hydrogen-bond acceptors (Lipinski definition) is 3. The Balaban J connectivity index is 1.95. The van der Waals surface area contributed by atoms with Gasteiger partial charge in [0.25, 0.3) is 0 Å². The van der Waals surface area contributed by atoms with E-state index >= 15 is 0 Å². The third kappa shape index (κ3) is 6.15. The summed E-state index contributed by atoms with van der Waals surface area (Å²) in [6, 6.07) is 16.3. The highest BCUT2D eigenvalue weighted by Crippen LogP contribution is 2.25. The second-order valence-electron chi connectivity index (χ2n) is 6.69. The van der Waals surface area contributed by atoms with Gasteiger partial charge in [-0.15, -0.1) is 0 Å². The van der Waals surface area contributed by atoms with Crippen molar-refractivity contribution >= 4 is 5.69 Å². The van der Waals surface area contributed by atoms with Crippen LogP contribution in [0.4, 0.5) is 5.69 Å². The van der Waals surface area contributed by atoms with Gasteiger partial charge >= 0.3 is 0 Å². The Morgan fingerprint density at radius 1 is 0.958 bits per heavy atom. The Hall–Kier alpha value is -2.16. The molecule has 2 aromatic carbocycles. The lowest BCUT2D eigenvalue weighted by molar-refractivity contribution is 0.243. The van der Waals surface area contributed by atoms with Gasteiger partial charge in [0.05, 0.1) is 18.4 Å². The molecular weight excluding hydrogens is 298 g/mol. The molecule has 1 N–H and O–H groups in total. The van der Waals surface area contributed by atoms with Crippen LogP contribution in [0, 0.1) is 5.92 Å². The first kappa shape index (κ1) is 18.2. The Kier molecular flexibility index (Phi) is 6.98. The van der Waals surface area contributed by atoms with Crippen LogP contribution >= 0.6 is 0 Å². The first-order valence-corrected chi connectivity index (χ1v) is 8.76. The second kappa shape index (κ2) is 9.21. The summed E-state index contributed by atoms with van der Waals surface area (Å²) in [5, 5.41) is 3.46. The summed E-state index contributed by atoms with van der Waals surface area (Å²) in [4.78, 5) is 0. The first-order valence-electron chi connectivity index (χ1n) is 8.76. The van der Waals surface area contributed by atoms with Crippen LogP contribution in [0.1, 0.15) is 39.7 Å². The van der Waals surface area contributed by atoms with E-state index in [2.05, 4.69) is 31.3 Å². The highest BCUT2D eigenvalue weighted by atomic mass is 16.5. The Bertz CT molecular complexity index is 623. The van der Waals surface area contributed by atoms with Crippen molar-refractivity contribution in [3.8, 4) is 11.5 Å². The van der Waals surface area contributed by atoms with Crippen molar-refractivity contribution in [3.05, 3.63) is 54.1 Å². The molecule has 0 aliphatic heterocycles. The Labute approximate surface area is 146 Å². The monoisotopic (exact) mass is 327 g/mol. The average molecular weight is 327 g/mol. The number of benzene rings is 2. The van der Waals surface area contributed by atoms with E-state index in [-0.39, 0.29) is 6.10 Å². The van der Waals surface area contributed by atoms with Crippen molar-refractivity contribution in [3.63, 3.8) is 0 Å². The van der Waals surface area contributed by atoms with Crippen molar-refractivity contribution in [2.75, 3.05) is 11.9 Å². The minimum absolute atomic E-state index is 0.158. The Morgan fingerprint density at radius 3 is 2.50 bits per heavy atom. The summed E-state index contributed by atoms with van der Waals surface area (Å²) < 4.78 is 11.7. The minimum atomic E-state index is 0.158. The summed E-state index contributed by atoms with van der Waals surface area (Å²) in [5.74, 6) is 2.48. The molecule has 3 nitrogen and oxygen atoms in total. The van der Waals surface area contributed by atoms with Crippen molar-refractivity contribution in [2.24, 2.45) is 5.92 Å². The molecule has 24 heavy (non-hydrogen) atoms.